The van der Waals surface area contributed by atoms with Crippen molar-refractivity contribution in [2.45, 2.75) is 32.6 Å². The molecule has 0 aromatic heterocycles. The van der Waals surface area contributed by atoms with Crippen molar-refractivity contribution in [3.8, 4) is 22.6 Å². The largest absolute Gasteiger partial charge is 0.493 e. The lowest BCUT2D eigenvalue weighted by Gasteiger charge is -2.13. The molecule has 0 spiro atoms. The number of carbonyl (C=O) groups excluding carboxylic acids is 1. The second-order valence-corrected chi connectivity index (χ2v) is 7.40. The fraction of sp³-hybridized carbons (Fsp3) is 0.269. The number of aryl methyl sites for hydroxylation is 2. The number of amides is 1. The van der Waals surface area contributed by atoms with E-state index >= 15 is 0 Å². The average Bonchev–Trinajstić information content (AvgIpc) is 2.76. The Morgan fingerprint density at radius 3 is 2.30 bits per heavy atom. The molecule has 2 N–H and O–H groups in total. The number of primary amides is 1. The van der Waals surface area contributed by atoms with Crippen molar-refractivity contribution >= 4 is 5.91 Å². The molecule has 0 aliphatic heterocycles. The van der Waals surface area contributed by atoms with E-state index in [9.17, 15) is 4.79 Å². The molecule has 3 rings (SSSR count). The Balaban J connectivity index is 1.59. The zero-order chi connectivity index (χ0) is 21.3. The lowest BCUT2D eigenvalue weighted by atomic mass is 9.99. The van der Waals surface area contributed by atoms with E-state index in [2.05, 4.69) is 24.3 Å². The normalized spacial score (nSPS) is 10.6. The Kier molecular flexibility index (Phi) is 7.50. The molecule has 0 aliphatic carbocycles. The Bertz CT molecular complexity index is 983. The molecule has 3 aromatic rings. The monoisotopic (exact) mass is 403 g/mol. The number of hydrogen-bond donors (Lipinski definition) is 1. The number of nitrogens with two attached hydrogens (primary N) is 1. The van der Waals surface area contributed by atoms with Crippen molar-refractivity contribution in [1.82, 2.24) is 0 Å². The molecule has 3 aromatic carbocycles. The molecule has 0 unspecified atom stereocenters. The molecule has 0 heterocycles. The van der Waals surface area contributed by atoms with Gasteiger partial charge < -0.3 is 15.2 Å². The predicted octanol–water partition coefficient (Wildman–Crippen LogP) is 5.56. The van der Waals surface area contributed by atoms with Crippen LogP contribution in [0.4, 0.5) is 0 Å². The Morgan fingerprint density at radius 2 is 1.60 bits per heavy atom. The summed E-state index contributed by atoms with van der Waals surface area (Å²) in [5, 5.41) is 0. The fourth-order valence-corrected chi connectivity index (χ4v) is 3.52. The van der Waals surface area contributed by atoms with E-state index in [4.69, 9.17) is 15.2 Å². The van der Waals surface area contributed by atoms with Crippen LogP contribution in [-0.4, -0.2) is 19.6 Å². The second-order valence-electron chi connectivity index (χ2n) is 7.40. The Labute approximate surface area is 178 Å². The maximum atomic E-state index is 11.5. The van der Waals surface area contributed by atoms with Gasteiger partial charge in [-0.3, -0.25) is 4.79 Å². The van der Waals surface area contributed by atoms with Gasteiger partial charge in [0, 0.05) is 5.56 Å². The standard InChI is InChI=1S/C26H29NO3/c1-19-17-21(12-14-23(19)26(27)28)22-13-15-24(29-2)25(18-22)30-16-8-4-7-11-20-9-5-3-6-10-20/h3,5-6,9-10,12-15,17-18H,4,7-8,11,16H2,1-2H3,(H2,27,28). The molecule has 0 bridgehead atoms. The van der Waals surface area contributed by atoms with E-state index in [0.717, 1.165) is 48.1 Å². The number of carbonyl (C=O) groups is 1. The van der Waals surface area contributed by atoms with Crippen molar-refractivity contribution in [2.75, 3.05) is 13.7 Å². The van der Waals surface area contributed by atoms with Gasteiger partial charge in [0.15, 0.2) is 11.5 Å². The summed E-state index contributed by atoms with van der Waals surface area (Å²) in [4.78, 5) is 11.5. The van der Waals surface area contributed by atoms with Crippen molar-refractivity contribution in [3.63, 3.8) is 0 Å². The van der Waals surface area contributed by atoms with E-state index in [0.29, 0.717) is 17.9 Å². The van der Waals surface area contributed by atoms with Gasteiger partial charge in [0.25, 0.3) is 0 Å². The molecule has 0 saturated carbocycles. The van der Waals surface area contributed by atoms with Crippen molar-refractivity contribution < 1.29 is 14.3 Å². The summed E-state index contributed by atoms with van der Waals surface area (Å²) in [5.41, 5.74) is 10.2. The number of rotatable bonds is 10. The Hall–Kier alpha value is -3.27. The number of ether oxygens (including phenoxy) is 2. The van der Waals surface area contributed by atoms with E-state index < -0.39 is 5.91 Å². The molecule has 0 saturated heterocycles. The first-order valence-corrected chi connectivity index (χ1v) is 10.3. The molecule has 0 aliphatic rings. The minimum absolute atomic E-state index is 0.412. The highest BCUT2D eigenvalue weighted by Gasteiger charge is 2.10. The molecule has 156 valence electrons. The first-order chi connectivity index (χ1) is 14.6. The van der Waals surface area contributed by atoms with E-state index in [1.165, 1.54) is 5.56 Å². The van der Waals surface area contributed by atoms with Gasteiger partial charge in [-0.1, -0.05) is 48.5 Å². The number of methoxy groups -OCH3 is 1. The van der Waals surface area contributed by atoms with Crippen LogP contribution in [0.15, 0.2) is 66.7 Å². The molecular formula is C26H29NO3. The topological polar surface area (TPSA) is 61.5 Å². The molecule has 0 atom stereocenters. The minimum Gasteiger partial charge on any atom is -0.493 e. The maximum Gasteiger partial charge on any atom is 0.248 e. The van der Waals surface area contributed by atoms with Crippen molar-refractivity contribution in [3.05, 3.63) is 83.4 Å². The van der Waals surface area contributed by atoms with Crippen LogP contribution in [0.2, 0.25) is 0 Å². The number of hydrogen-bond acceptors (Lipinski definition) is 3. The quantitative estimate of drug-likeness (QED) is 0.451. The first kappa shape index (κ1) is 21.4. The van der Waals surface area contributed by atoms with Gasteiger partial charge in [-0.05, 0) is 73.1 Å². The molecule has 0 fully saturated rings. The summed E-state index contributed by atoms with van der Waals surface area (Å²) in [6.07, 6.45) is 4.35. The van der Waals surface area contributed by atoms with Crippen LogP contribution < -0.4 is 15.2 Å². The fourth-order valence-electron chi connectivity index (χ4n) is 3.52. The third-order valence-corrected chi connectivity index (χ3v) is 5.20. The zero-order valence-electron chi connectivity index (χ0n) is 17.7. The van der Waals surface area contributed by atoms with Gasteiger partial charge in [-0.2, -0.15) is 0 Å². The molecule has 1 amide bonds. The SMILES string of the molecule is COc1ccc(-c2ccc(C(N)=O)c(C)c2)cc1OCCCCCc1ccccc1. The van der Waals surface area contributed by atoms with Crippen LogP contribution in [0.25, 0.3) is 11.1 Å². The molecular weight excluding hydrogens is 374 g/mol. The second kappa shape index (κ2) is 10.5. The first-order valence-electron chi connectivity index (χ1n) is 10.3. The highest BCUT2D eigenvalue weighted by atomic mass is 16.5. The smallest absolute Gasteiger partial charge is 0.248 e. The molecule has 30 heavy (non-hydrogen) atoms. The Morgan fingerprint density at radius 1 is 0.867 bits per heavy atom. The minimum atomic E-state index is -0.412. The van der Waals surface area contributed by atoms with E-state index in [1.54, 1.807) is 13.2 Å². The average molecular weight is 404 g/mol. The third kappa shape index (κ3) is 5.63. The van der Waals surface area contributed by atoms with E-state index in [-0.39, 0.29) is 0 Å². The van der Waals surface area contributed by atoms with Crippen LogP contribution in [0.5, 0.6) is 11.5 Å². The summed E-state index contributed by atoms with van der Waals surface area (Å²) >= 11 is 0. The van der Waals surface area contributed by atoms with Gasteiger partial charge in [0.05, 0.1) is 13.7 Å². The van der Waals surface area contributed by atoms with Gasteiger partial charge >= 0.3 is 0 Å². The van der Waals surface area contributed by atoms with Crippen LogP contribution >= 0.6 is 0 Å². The van der Waals surface area contributed by atoms with Gasteiger partial charge in [-0.15, -0.1) is 0 Å². The number of unbranched alkanes of at least 4 members (excludes halogenated alkanes) is 2. The van der Waals surface area contributed by atoms with Crippen LogP contribution in [-0.2, 0) is 6.42 Å². The molecule has 4 heteroatoms. The van der Waals surface area contributed by atoms with Crippen LogP contribution in [0.1, 0.15) is 40.7 Å². The van der Waals surface area contributed by atoms with E-state index in [1.807, 2.05) is 43.3 Å². The third-order valence-electron chi connectivity index (χ3n) is 5.20. The summed E-state index contributed by atoms with van der Waals surface area (Å²) in [7, 11) is 1.65. The highest BCUT2D eigenvalue weighted by Crippen LogP contribution is 2.33. The van der Waals surface area contributed by atoms with Crippen molar-refractivity contribution in [2.24, 2.45) is 5.73 Å². The summed E-state index contributed by atoms with van der Waals surface area (Å²) in [5.74, 6) is 1.04. The zero-order valence-corrected chi connectivity index (χ0v) is 17.7. The van der Waals surface area contributed by atoms with Gasteiger partial charge in [0.1, 0.15) is 0 Å². The van der Waals surface area contributed by atoms with Crippen molar-refractivity contribution in [1.29, 1.82) is 0 Å². The lowest BCUT2D eigenvalue weighted by molar-refractivity contribution is 0.0999. The summed E-state index contributed by atoms with van der Waals surface area (Å²) < 4.78 is 11.5. The summed E-state index contributed by atoms with van der Waals surface area (Å²) in [6.45, 7) is 2.54. The van der Waals surface area contributed by atoms with Gasteiger partial charge in [0.2, 0.25) is 5.91 Å². The van der Waals surface area contributed by atoms with Crippen LogP contribution in [0, 0.1) is 6.92 Å². The lowest BCUT2D eigenvalue weighted by Crippen LogP contribution is -2.12. The highest BCUT2D eigenvalue weighted by molar-refractivity contribution is 5.95. The summed E-state index contributed by atoms with van der Waals surface area (Å²) in [6, 6.07) is 22.1. The predicted molar refractivity (Wildman–Crippen MR) is 121 cm³/mol. The molecule has 0 radical (unpaired) electrons. The van der Waals surface area contributed by atoms with Gasteiger partial charge in [-0.25, -0.2) is 0 Å². The number of benzene rings is 3. The molecule has 4 nitrogen and oxygen atoms in total. The maximum absolute atomic E-state index is 11.5. The van der Waals surface area contributed by atoms with Crippen LogP contribution in [0.3, 0.4) is 0 Å².